The Labute approximate surface area is 211 Å². The van der Waals surface area contributed by atoms with Gasteiger partial charge in [-0.25, -0.2) is 9.97 Å². The van der Waals surface area contributed by atoms with E-state index in [1.807, 2.05) is 47.6 Å². The second kappa shape index (κ2) is 8.27. The third-order valence-electron chi connectivity index (χ3n) is 7.23. The van der Waals surface area contributed by atoms with Crippen LogP contribution in [0, 0.1) is 39.5 Å². The van der Waals surface area contributed by atoms with Crippen LogP contribution in [0.5, 0.6) is 0 Å². The first-order chi connectivity index (χ1) is 16.8. The number of benzene rings is 1. The molecule has 3 aromatic heterocycles. The zero-order chi connectivity index (χ0) is 24.4. The van der Waals surface area contributed by atoms with Crippen molar-refractivity contribution in [3.63, 3.8) is 0 Å². The molecule has 7 nitrogen and oxygen atoms in total. The Balaban J connectivity index is 1.23. The van der Waals surface area contributed by atoms with Crippen molar-refractivity contribution in [2.24, 2.45) is 11.8 Å². The molecule has 4 aromatic rings. The molecular weight excluding hydrogens is 478 g/mol. The number of carbonyl (C=O) groups is 2. The molecular formula is C26H27N5O2S2. The number of rotatable bonds is 5. The van der Waals surface area contributed by atoms with Gasteiger partial charge in [-0.05, 0) is 51.5 Å². The fourth-order valence-electron chi connectivity index (χ4n) is 5.41. The van der Waals surface area contributed by atoms with Gasteiger partial charge in [0.15, 0.2) is 10.7 Å². The van der Waals surface area contributed by atoms with Crippen molar-refractivity contribution in [3.8, 4) is 10.4 Å². The molecule has 35 heavy (non-hydrogen) atoms. The van der Waals surface area contributed by atoms with Gasteiger partial charge in [0.2, 0.25) is 0 Å². The van der Waals surface area contributed by atoms with Crippen LogP contribution in [0.3, 0.4) is 0 Å². The minimum absolute atomic E-state index is 0.0189. The molecule has 2 fully saturated rings. The summed E-state index contributed by atoms with van der Waals surface area (Å²) in [6.45, 7) is 9.09. The first-order valence-corrected chi connectivity index (χ1v) is 13.6. The zero-order valence-electron chi connectivity index (χ0n) is 20.2. The van der Waals surface area contributed by atoms with E-state index in [-0.39, 0.29) is 17.9 Å². The molecule has 1 N–H and O–H groups in total. The number of thiazole rings is 2. The van der Waals surface area contributed by atoms with Gasteiger partial charge in [0.05, 0.1) is 21.6 Å². The van der Waals surface area contributed by atoms with Crippen LogP contribution in [0.4, 0.5) is 0 Å². The summed E-state index contributed by atoms with van der Waals surface area (Å²) in [4.78, 5) is 39.7. The maximum atomic E-state index is 13.7. The number of hydrogen-bond acceptors (Lipinski definition) is 6. The van der Waals surface area contributed by atoms with Gasteiger partial charge in [-0.3, -0.25) is 14.0 Å². The summed E-state index contributed by atoms with van der Waals surface area (Å²) < 4.78 is 2.01. The van der Waals surface area contributed by atoms with Crippen molar-refractivity contribution >= 4 is 39.4 Å². The molecule has 2 aliphatic rings. The third-order valence-corrected chi connectivity index (χ3v) is 9.20. The largest absolute Gasteiger partial charge is 0.349 e. The topological polar surface area (TPSA) is 79.6 Å². The molecule has 2 amide bonds. The molecule has 6 rings (SSSR count). The molecule has 1 aliphatic heterocycles. The van der Waals surface area contributed by atoms with Crippen LogP contribution in [0.15, 0.2) is 29.6 Å². The monoisotopic (exact) mass is 505 g/mol. The molecule has 0 spiro atoms. The lowest BCUT2D eigenvalue weighted by atomic mass is 10.1. The third kappa shape index (κ3) is 3.77. The standard InChI is InChI=1S/C26H27N5O2S2/c1-13-6-5-7-17(8-13)23-22(28-16(4)35-23)25(33)30-11-18-9-19(18)20(30)10-27-24(32)21-15(3)31-14(2)12-34-26(31)29-21/h5-8,12,18-20H,9-11H2,1-4H3,(H,27,32)/t18-,19-,20+/m0/s1. The fraction of sp³-hybridized carbons (Fsp3) is 0.385. The number of nitrogens with zero attached hydrogens (tertiary/aromatic N) is 4. The van der Waals surface area contributed by atoms with Crippen LogP contribution in [0.1, 0.15) is 49.4 Å². The van der Waals surface area contributed by atoms with Gasteiger partial charge in [0.1, 0.15) is 5.69 Å². The Morgan fingerprint density at radius 3 is 2.74 bits per heavy atom. The number of hydrogen-bond donors (Lipinski definition) is 1. The number of amides is 2. The Hall–Kier alpha value is -3.04. The van der Waals surface area contributed by atoms with E-state index in [2.05, 4.69) is 34.3 Å². The predicted molar refractivity (Wildman–Crippen MR) is 138 cm³/mol. The summed E-state index contributed by atoms with van der Waals surface area (Å²) in [5.41, 5.74) is 5.08. The van der Waals surface area contributed by atoms with Crippen LogP contribution in [0.25, 0.3) is 15.4 Å². The Morgan fingerprint density at radius 1 is 1.14 bits per heavy atom. The molecule has 3 atom stereocenters. The van der Waals surface area contributed by atoms with E-state index in [0.29, 0.717) is 29.8 Å². The highest BCUT2D eigenvalue weighted by molar-refractivity contribution is 7.15. The minimum Gasteiger partial charge on any atom is -0.349 e. The summed E-state index contributed by atoms with van der Waals surface area (Å²) in [7, 11) is 0. The number of imidazole rings is 1. The van der Waals surface area contributed by atoms with Gasteiger partial charge in [-0.1, -0.05) is 29.8 Å². The van der Waals surface area contributed by atoms with Gasteiger partial charge in [-0.2, -0.15) is 0 Å². The number of fused-ring (bicyclic) bond motifs is 2. The Morgan fingerprint density at radius 2 is 1.97 bits per heavy atom. The molecule has 180 valence electrons. The van der Waals surface area contributed by atoms with Gasteiger partial charge in [-0.15, -0.1) is 22.7 Å². The molecule has 9 heteroatoms. The normalized spacial score (nSPS) is 20.9. The van der Waals surface area contributed by atoms with Gasteiger partial charge in [0.25, 0.3) is 11.8 Å². The Bertz CT molecular complexity index is 1480. The number of aromatic nitrogens is 3. The van der Waals surface area contributed by atoms with Crippen molar-refractivity contribution in [1.82, 2.24) is 24.6 Å². The lowest BCUT2D eigenvalue weighted by Crippen LogP contribution is -2.46. The number of piperidine rings is 1. The van der Waals surface area contributed by atoms with Crippen molar-refractivity contribution < 1.29 is 9.59 Å². The lowest BCUT2D eigenvalue weighted by molar-refractivity contribution is 0.0690. The minimum atomic E-state index is -0.181. The second-order valence-corrected chi connectivity index (χ2v) is 11.8. The highest BCUT2D eigenvalue weighted by atomic mass is 32.1. The van der Waals surface area contributed by atoms with Crippen LogP contribution in [-0.4, -0.2) is 50.2 Å². The number of likely N-dealkylation sites (tertiary alicyclic amines) is 1. The Kier molecular flexibility index (Phi) is 5.30. The first kappa shape index (κ1) is 22.4. The van der Waals surface area contributed by atoms with Gasteiger partial charge >= 0.3 is 0 Å². The molecule has 0 radical (unpaired) electrons. The lowest BCUT2D eigenvalue weighted by Gasteiger charge is -2.27. The highest BCUT2D eigenvalue weighted by Gasteiger charge is 2.54. The summed E-state index contributed by atoms with van der Waals surface area (Å²) in [6, 6.07) is 8.19. The van der Waals surface area contributed by atoms with Crippen molar-refractivity contribution in [3.05, 3.63) is 63.0 Å². The average molecular weight is 506 g/mol. The summed E-state index contributed by atoms with van der Waals surface area (Å²) >= 11 is 3.09. The zero-order valence-corrected chi connectivity index (χ0v) is 21.8. The van der Waals surface area contributed by atoms with Crippen LogP contribution in [-0.2, 0) is 0 Å². The number of carbonyl (C=O) groups excluding carboxylic acids is 2. The second-order valence-electron chi connectivity index (χ2n) is 9.72. The first-order valence-electron chi connectivity index (χ1n) is 11.9. The van der Waals surface area contributed by atoms with E-state index in [1.165, 1.54) is 11.3 Å². The smallest absolute Gasteiger partial charge is 0.274 e. The summed E-state index contributed by atoms with van der Waals surface area (Å²) in [6.07, 6.45) is 1.11. The van der Waals surface area contributed by atoms with E-state index < -0.39 is 0 Å². The maximum absolute atomic E-state index is 13.7. The predicted octanol–water partition coefficient (Wildman–Crippen LogP) is 4.64. The quantitative estimate of drug-likeness (QED) is 0.428. The van der Waals surface area contributed by atoms with Crippen LogP contribution in [0.2, 0.25) is 0 Å². The molecule has 1 saturated carbocycles. The molecule has 1 saturated heterocycles. The van der Waals surface area contributed by atoms with Gasteiger partial charge < -0.3 is 10.2 Å². The van der Waals surface area contributed by atoms with Gasteiger partial charge in [0, 0.05) is 24.2 Å². The number of aryl methyl sites for hydroxylation is 4. The van der Waals surface area contributed by atoms with Crippen molar-refractivity contribution in [2.45, 2.75) is 40.2 Å². The SMILES string of the molecule is Cc1cccc(-c2sc(C)nc2C(=O)N2C[C@@H]3C[C@@H]3[C@H]2CNC(=O)c2nc3scc(C)n3c2C)c1. The van der Waals surface area contributed by atoms with E-state index in [9.17, 15) is 9.59 Å². The van der Waals surface area contributed by atoms with Crippen molar-refractivity contribution in [2.75, 3.05) is 13.1 Å². The van der Waals surface area contributed by atoms with Crippen LogP contribution < -0.4 is 5.32 Å². The van der Waals surface area contributed by atoms with E-state index >= 15 is 0 Å². The van der Waals surface area contributed by atoms with E-state index in [0.717, 1.165) is 50.3 Å². The molecule has 0 bridgehead atoms. The molecule has 0 unspecified atom stereocenters. The highest BCUT2D eigenvalue weighted by Crippen LogP contribution is 2.50. The van der Waals surface area contributed by atoms with Crippen LogP contribution >= 0.6 is 22.7 Å². The number of nitrogens with one attached hydrogen (secondary N) is 1. The van der Waals surface area contributed by atoms with E-state index in [1.54, 1.807) is 11.3 Å². The molecule has 4 heterocycles. The summed E-state index contributed by atoms with van der Waals surface area (Å²) in [5.74, 6) is 0.742. The molecule has 1 aliphatic carbocycles. The molecule has 1 aromatic carbocycles. The van der Waals surface area contributed by atoms with Crippen molar-refractivity contribution in [1.29, 1.82) is 0 Å². The average Bonchev–Trinajstić information content (AvgIpc) is 3.12. The summed E-state index contributed by atoms with van der Waals surface area (Å²) in [5, 5.41) is 6.00. The maximum Gasteiger partial charge on any atom is 0.274 e. The van der Waals surface area contributed by atoms with E-state index in [4.69, 9.17) is 0 Å². The fourth-order valence-corrected chi connectivity index (χ4v) is 7.23.